The number of aliphatic hydroxyl groups is 2. The number of hydrogen-bond donors (Lipinski definition) is 3. The maximum Gasteiger partial charge on any atom is 0.305 e. The molecule has 0 radical (unpaired) electrons. The minimum absolute atomic E-state index is 0.00502. The fourth-order valence-electron chi connectivity index (χ4n) is 9.68. The molecule has 2 atom stereocenters. The molecule has 3 N–H and O–H groups in total. The van der Waals surface area contributed by atoms with Gasteiger partial charge in [-0.15, -0.1) is 0 Å². The van der Waals surface area contributed by atoms with Gasteiger partial charge in [0.1, 0.15) is 0 Å². The van der Waals surface area contributed by atoms with Crippen molar-refractivity contribution in [1.29, 1.82) is 0 Å². The number of carbonyl (C=O) groups excluding carboxylic acids is 2. The van der Waals surface area contributed by atoms with Crippen molar-refractivity contribution in [2.75, 3.05) is 13.2 Å². The first-order valence-corrected chi connectivity index (χ1v) is 31.1. The monoisotopic (exact) mass is 972 g/mol. The number of esters is 1. The molecule has 0 heterocycles. The number of nitrogens with one attached hydrogen (secondary N) is 1. The molecule has 0 fully saturated rings. The third-order valence-corrected chi connectivity index (χ3v) is 14.5. The third kappa shape index (κ3) is 55.5. The van der Waals surface area contributed by atoms with Gasteiger partial charge in [-0.2, -0.15) is 0 Å². The number of ether oxygens (including phenoxy) is 1. The number of rotatable bonds is 58. The van der Waals surface area contributed by atoms with Gasteiger partial charge in [0, 0.05) is 12.8 Å². The van der Waals surface area contributed by atoms with Gasteiger partial charge in [0.2, 0.25) is 5.91 Å². The Balaban J connectivity index is 3.39. The first kappa shape index (κ1) is 67.3. The molecule has 0 bridgehead atoms. The zero-order chi connectivity index (χ0) is 50.0. The van der Waals surface area contributed by atoms with E-state index in [0.29, 0.717) is 19.4 Å². The number of unbranched alkanes of at least 4 members (excludes halogenated alkanes) is 45. The van der Waals surface area contributed by atoms with Crippen LogP contribution in [0.1, 0.15) is 341 Å². The van der Waals surface area contributed by atoms with Crippen molar-refractivity contribution < 1.29 is 24.5 Å². The van der Waals surface area contributed by atoms with E-state index in [0.717, 1.165) is 44.9 Å². The molecule has 2 unspecified atom stereocenters. The lowest BCUT2D eigenvalue weighted by Gasteiger charge is -2.20. The molecular weight excluding hydrogens is 851 g/mol. The van der Waals surface area contributed by atoms with Gasteiger partial charge in [0.25, 0.3) is 0 Å². The number of aliphatic hydroxyl groups excluding tert-OH is 2. The zero-order valence-electron chi connectivity index (χ0n) is 46.6. The van der Waals surface area contributed by atoms with Gasteiger partial charge in [0.05, 0.1) is 25.4 Å². The Kier molecular flexibility index (Phi) is 57.5. The van der Waals surface area contributed by atoms with Crippen LogP contribution >= 0.6 is 0 Å². The van der Waals surface area contributed by atoms with E-state index in [1.54, 1.807) is 6.08 Å². The highest BCUT2D eigenvalue weighted by molar-refractivity contribution is 5.76. The van der Waals surface area contributed by atoms with Crippen molar-refractivity contribution >= 4 is 11.9 Å². The average molecular weight is 973 g/mol. The van der Waals surface area contributed by atoms with E-state index in [-0.39, 0.29) is 18.5 Å². The first-order valence-electron chi connectivity index (χ1n) is 31.1. The van der Waals surface area contributed by atoms with Crippen LogP contribution in [0.15, 0.2) is 24.3 Å². The number of hydrogen-bond acceptors (Lipinski definition) is 5. The lowest BCUT2D eigenvalue weighted by Crippen LogP contribution is -2.45. The van der Waals surface area contributed by atoms with Gasteiger partial charge in [-0.3, -0.25) is 9.59 Å². The van der Waals surface area contributed by atoms with Gasteiger partial charge in [-0.1, -0.05) is 301 Å². The Labute approximate surface area is 431 Å². The molecule has 408 valence electrons. The molecule has 0 aromatic carbocycles. The zero-order valence-corrected chi connectivity index (χ0v) is 46.6. The van der Waals surface area contributed by atoms with Crippen LogP contribution in [0.4, 0.5) is 0 Å². The molecule has 0 saturated carbocycles. The average Bonchev–Trinajstić information content (AvgIpc) is 3.35. The van der Waals surface area contributed by atoms with Crippen LogP contribution in [-0.4, -0.2) is 47.4 Å². The second kappa shape index (κ2) is 58.9. The molecule has 6 heteroatoms. The highest BCUT2D eigenvalue weighted by Crippen LogP contribution is 2.18. The highest BCUT2D eigenvalue weighted by Gasteiger charge is 2.18. The maximum absolute atomic E-state index is 12.5. The predicted molar refractivity (Wildman–Crippen MR) is 301 cm³/mol. The quantitative estimate of drug-likeness (QED) is 0.0321. The number of allylic oxidation sites excluding steroid dienone is 3. The van der Waals surface area contributed by atoms with Crippen LogP contribution in [0.3, 0.4) is 0 Å². The Hall–Kier alpha value is -1.66. The highest BCUT2D eigenvalue weighted by atomic mass is 16.5. The summed E-state index contributed by atoms with van der Waals surface area (Å²) in [5.74, 6) is -0.0592. The van der Waals surface area contributed by atoms with E-state index in [1.807, 2.05) is 6.08 Å². The smallest absolute Gasteiger partial charge is 0.305 e. The molecule has 1 amide bonds. The Bertz CT molecular complexity index is 1080. The molecule has 0 spiro atoms. The van der Waals surface area contributed by atoms with E-state index in [9.17, 15) is 19.8 Å². The summed E-state index contributed by atoms with van der Waals surface area (Å²) in [5, 5.41) is 23.1. The Morgan fingerprint density at radius 3 is 1.07 bits per heavy atom. The molecule has 0 aliphatic rings. The molecule has 0 rings (SSSR count). The van der Waals surface area contributed by atoms with E-state index in [4.69, 9.17) is 4.74 Å². The Morgan fingerprint density at radius 1 is 0.391 bits per heavy atom. The molecule has 6 nitrogen and oxygen atoms in total. The molecule has 0 aliphatic heterocycles. The van der Waals surface area contributed by atoms with Crippen LogP contribution in [0.2, 0.25) is 0 Å². The van der Waals surface area contributed by atoms with E-state index in [1.165, 1.54) is 270 Å². The summed E-state index contributed by atoms with van der Waals surface area (Å²) >= 11 is 0. The summed E-state index contributed by atoms with van der Waals surface area (Å²) in [7, 11) is 0. The lowest BCUT2D eigenvalue weighted by atomic mass is 10.0. The second-order valence-electron chi connectivity index (χ2n) is 21.4. The summed E-state index contributed by atoms with van der Waals surface area (Å²) in [4.78, 5) is 24.5. The largest absolute Gasteiger partial charge is 0.466 e. The second-order valence-corrected chi connectivity index (χ2v) is 21.4. The standard InChI is InChI=1S/C63H121NO5/c1-3-5-7-9-11-13-15-16-17-29-32-36-39-43-47-51-55-61(66)60(59-65)64-62(67)56-52-48-44-40-37-33-30-27-25-23-21-19-18-20-22-24-26-28-31-34-38-42-46-50-54-58-69-63(68)57-53-49-45-41-35-14-12-10-8-6-4-2/h10,12,51,55,60-61,65-66H,3-9,11,13-50,52-54,56-59H2,1-2H3,(H,64,67)/b12-10-,55-51+. The lowest BCUT2D eigenvalue weighted by molar-refractivity contribution is -0.143. The van der Waals surface area contributed by atoms with E-state index >= 15 is 0 Å². The van der Waals surface area contributed by atoms with Crippen LogP contribution in [0, 0.1) is 0 Å². The van der Waals surface area contributed by atoms with Crippen molar-refractivity contribution in [2.24, 2.45) is 0 Å². The Morgan fingerprint density at radius 2 is 0.696 bits per heavy atom. The normalized spacial score (nSPS) is 12.7. The molecule has 0 aliphatic carbocycles. The third-order valence-electron chi connectivity index (χ3n) is 14.5. The van der Waals surface area contributed by atoms with Crippen LogP contribution in [-0.2, 0) is 14.3 Å². The van der Waals surface area contributed by atoms with Crippen molar-refractivity contribution in [1.82, 2.24) is 5.32 Å². The fraction of sp³-hybridized carbons (Fsp3) is 0.905. The summed E-state index contributed by atoms with van der Waals surface area (Å²) in [6, 6.07) is -0.626. The maximum atomic E-state index is 12.5. The van der Waals surface area contributed by atoms with Gasteiger partial charge in [-0.25, -0.2) is 0 Å². The molecule has 69 heavy (non-hydrogen) atoms. The number of carbonyl (C=O) groups is 2. The van der Waals surface area contributed by atoms with Gasteiger partial charge < -0.3 is 20.3 Å². The minimum atomic E-state index is -0.843. The number of amides is 1. The molecular formula is C63H121NO5. The summed E-state index contributed by atoms with van der Waals surface area (Å²) in [5.41, 5.74) is 0. The summed E-state index contributed by atoms with van der Waals surface area (Å²) < 4.78 is 5.46. The fourth-order valence-corrected chi connectivity index (χ4v) is 9.68. The molecule has 0 saturated heterocycles. The van der Waals surface area contributed by atoms with Crippen LogP contribution < -0.4 is 5.32 Å². The van der Waals surface area contributed by atoms with Crippen LogP contribution in [0.25, 0.3) is 0 Å². The topological polar surface area (TPSA) is 95.9 Å². The van der Waals surface area contributed by atoms with Crippen LogP contribution in [0.5, 0.6) is 0 Å². The van der Waals surface area contributed by atoms with Crippen molar-refractivity contribution in [3.8, 4) is 0 Å². The van der Waals surface area contributed by atoms with E-state index in [2.05, 4.69) is 31.3 Å². The molecule has 0 aromatic rings. The minimum Gasteiger partial charge on any atom is -0.466 e. The van der Waals surface area contributed by atoms with Gasteiger partial charge in [-0.05, 0) is 51.4 Å². The van der Waals surface area contributed by atoms with E-state index < -0.39 is 12.1 Å². The van der Waals surface area contributed by atoms with Crippen molar-refractivity contribution in [3.05, 3.63) is 24.3 Å². The van der Waals surface area contributed by atoms with Gasteiger partial charge in [0.15, 0.2) is 0 Å². The van der Waals surface area contributed by atoms with Crippen molar-refractivity contribution in [2.45, 2.75) is 353 Å². The SMILES string of the molecule is CCCC/C=C\CCCCCCCC(=O)OCCCCCCCCCCCCCCCCCCCCCCCCCCCC(=O)NC(CO)C(O)/C=C/CCCCCCCCCCCCCCCC. The molecule has 0 aromatic heterocycles. The van der Waals surface area contributed by atoms with Gasteiger partial charge >= 0.3 is 5.97 Å². The summed E-state index contributed by atoms with van der Waals surface area (Å²) in [6.45, 7) is 4.88. The predicted octanol–water partition coefficient (Wildman–Crippen LogP) is 19.4. The summed E-state index contributed by atoms with van der Waals surface area (Å²) in [6.07, 6.45) is 72.2. The van der Waals surface area contributed by atoms with Crippen molar-refractivity contribution in [3.63, 3.8) is 0 Å². The first-order chi connectivity index (χ1) is 34.0.